The topological polar surface area (TPSA) is 126 Å². The highest BCUT2D eigenvalue weighted by atomic mass is 79.9. The molecule has 0 radical (unpaired) electrons. The lowest BCUT2D eigenvalue weighted by atomic mass is 9.96. The molecule has 5 atom stereocenters. The first kappa shape index (κ1) is 25.8. The molecule has 1 aliphatic heterocycles. The van der Waals surface area contributed by atoms with Gasteiger partial charge in [-0.25, -0.2) is 0 Å². The number of ether oxygens (including phenoxy) is 5. The van der Waals surface area contributed by atoms with Gasteiger partial charge in [0, 0.05) is 32.2 Å². The average Bonchev–Trinajstić information content (AvgIpc) is 2.67. The number of carbonyl (C=O) groups excluding carboxylic acids is 4. The van der Waals surface area contributed by atoms with Gasteiger partial charge >= 0.3 is 17.9 Å². The van der Waals surface area contributed by atoms with Gasteiger partial charge in [-0.1, -0.05) is 28.1 Å². The number of esters is 3. The summed E-state index contributed by atoms with van der Waals surface area (Å²) in [5.74, 6) is -2.35. The summed E-state index contributed by atoms with van der Waals surface area (Å²) < 4.78 is 28.5. The zero-order valence-electron chi connectivity index (χ0n) is 18.2. The molecule has 1 amide bonds. The van der Waals surface area contributed by atoms with E-state index in [1.807, 2.05) is 24.3 Å². The van der Waals surface area contributed by atoms with E-state index >= 15 is 0 Å². The lowest BCUT2D eigenvalue weighted by Crippen LogP contribution is -2.66. The van der Waals surface area contributed by atoms with Gasteiger partial charge in [0.2, 0.25) is 5.91 Å². The maximum absolute atomic E-state index is 11.9. The van der Waals surface area contributed by atoms with Crippen LogP contribution in [-0.2, 0) is 49.5 Å². The number of rotatable bonds is 8. The minimum Gasteiger partial charge on any atom is -0.463 e. The number of halogens is 1. The molecule has 1 saturated heterocycles. The van der Waals surface area contributed by atoms with Crippen molar-refractivity contribution in [2.24, 2.45) is 0 Å². The van der Waals surface area contributed by atoms with Gasteiger partial charge in [-0.05, 0) is 17.7 Å². The molecule has 32 heavy (non-hydrogen) atoms. The summed E-state index contributed by atoms with van der Waals surface area (Å²) in [6.07, 6.45) is -4.42. The maximum atomic E-state index is 11.9. The van der Waals surface area contributed by atoms with Gasteiger partial charge in [0.1, 0.15) is 18.8 Å². The van der Waals surface area contributed by atoms with Crippen molar-refractivity contribution in [1.82, 2.24) is 5.32 Å². The van der Waals surface area contributed by atoms with Crippen LogP contribution >= 0.6 is 15.9 Å². The molecule has 0 aromatic heterocycles. The summed E-state index contributed by atoms with van der Waals surface area (Å²) in [5, 5.41) is 2.65. The van der Waals surface area contributed by atoms with E-state index in [0.29, 0.717) is 0 Å². The van der Waals surface area contributed by atoms with Crippen molar-refractivity contribution in [1.29, 1.82) is 0 Å². The summed E-state index contributed by atoms with van der Waals surface area (Å²) in [4.78, 5) is 46.8. The van der Waals surface area contributed by atoms with Gasteiger partial charge in [0.15, 0.2) is 18.5 Å². The van der Waals surface area contributed by atoms with E-state index in [9.17, 15) is 19.2 Å². The summed E-state index contributed by atoms with van der Waals surface area (Å²) in [6, 6.07) is 6.37. The Hall–Kier alpha value is -2.50. The minimum atomic E-state index is -1.15. The van der Waals surface area contributed by atoms with Crippen LogP contribution in [0.25, 0.3) is 0 Å². The second kappa shape index (κ2) is 11.9. The standard InChI is InChI=1S/C21H26BrNO9/c1-11(24)23-18-20(31-14(4)27)19(30-13(3)26)17(10-28-12(2)25)32-21(18)29-9-15-6-5-7-16(22)8-15/h5-8,17-21H,9-10H2,1-4H3,(H,23,24)/t17-,18+,19-,20-,21-/m1/s1. The van der Waals surface area contributed by atoms with E-state index in [0.717, 1.165) is 10.0 Å². The minimum absolute atomic E-state index is 0.103. The Morgan fingerprint density at radius 2 is 1.66 bits per heavy atom. The third-order valence-corrected chi connectivity index (χ3v) is 4.87. The van der Waals surface area contributed by atoms with Crippen molar-refractivity contribution < 1.29 is 42.9 Å². The number of amides is 1. The van der Waals surface area contributed by atoms with Crippen molar-refractivity contribution in [3.63, 3.8) is 0 Å². The summed E-state index contributed by atoms with van der Waals surface area (Å²) in [6.45, 7) is 4.68. The fraction of sp³-hybridized carbons (Fsp3) is 0.524. The molecule has 176 valence electrons. The third-order valence-electron chi connectivity index (χ3n) is 4.37. The van der Waals surface area contributed by atoms with Gasteiger partial charge in [-0.2, -0.15) is 0 Å². The van der Waals surface area contributed by atoms with Crippen LogP contribution in [0.15, 0.2) is 28.7 Å². The maximum Gasteiger partial charge on any atom is 0.303 e. The van der Waals surface area contributed by atoms with E-state index in [1.54, 1.807) is 0 Å². The SMILES string of the molecule is CC(=O)N[C@@H]1[C@H](OCc2cccc(Br)c2)O[C@H](COC(C)=O)[C@@H](OC(C)=O)[C@@H]1OC(C)=O. The highest BCUT2D eigenvalue weighted by Crippen LogP contribution is 2.28. The lowest BCUT2D eigenvalue weighted by molar-refractivity contribution is -0.280. The highest BCUT2D eigenvalue weighted by molar-refractivity contribution is 9.10. The third kappa shape index (κ3) is 7.88. The molecule has 0 spiro atoms. The van der Waals surface area contributed by atoms with E-state index in [2.05, 4.69) is 21.2 Å². The van der Waals surface area contributed by atoms with E-state index in [4.69, 9.17) is 23.7 Å². The van der Waals surface area contributed by atoms with E-state index in [1.165, 1.54) is 27.7 Å². The van der Waals surface area contributed by atoms with Crippen LogP contribution in [0.1, 0.15) is 33.3 Å². The molecule has 1 heterocycles. The van der Waals surface area contributed by atoms with Gasteiger partial charge in [-0.15, -0.1) is 0 Å². The zero-order chi connectivity index (χ0) is 23.8. The molecule has 1 aromatic carbocycles. The Bertz CT molecular complexity index is 846. The number of hydrogen-bond donors (Lipinski definition) is 1. The van der Waals surface area contributed by atoms with Gasteiger partial charge in [0.05, 0.1) is 6.61 Å². The molecule has 10 nitrogen and oxygen atoms in total. The molecule has 1 aliphatic rings. The van der Waals surface area contributed by atoms with E-state index < -0.39 is 54.5 Å². The van der Waals surface area contributed by atoms with Crippen molar-refractivity contribution in [2.45, 2.75) is 64.9 Å². The van der Waals surface area contributed by atoms with Gasteiger partial charge in [0.25, 0.3) is 0 Å². The number of nitrogens with one attached hydrogen (secondary N) is 1. The molecule has 1 aromatic rings. The molecule has 0 aliphatic carbocycles. The van der Waals surface area contributed by atoms with Gasteiger partial charge in [-0.3, -0.25) is 19.2 Å². The van der Waals surface area contributed by atoms with Crippen LogP contribution < -0.4 is 5.32 Å². The molecule has 11 heteroatoms. The first-order chi connectivity index (χ1) is 15.1. The molecule has 0 unspecified atom stereocenters. The van der Waals surface area contributed by atoms with Crippen molar-refractivity contribution >= 4 is 39.7 Å². The smallest absolute Gasteiger partial charge is 0.303 e. The van der Waals surface area contributed by atoms with Crippen LogP contribution in [0.5, 0.6) is 0 Å². The lowest BCUT2D eigenvalue weighted by Gasteiger charge is -2.44. The Labute approximate surface area is 194 Å². The fourth-order valence-corrected chi connectivity index (χ4v) is 3.68. The Morgan fingerprint density at radius 3 is 2.22 bits per heavy atom. The van der Waals surface area contributed by atoms with Crippen LogP contribution in [0.4, 0.5) is 0 Å². The monoisotopic (exact) mass is 515 g/mol. The Morgan fingerprint density at radius 1 is 1.00 bits per heavy atom. The second-order valence-corrected chi connectivity index (χ2v) is 8.08. The summed E-state index contributed by atoms with van der Waals surface area (Å²) in [7, 11) is 0. The quantitative estimate of drug-likeness (QED) is 0.405. The first-order valence-electron chi connectivity index (χ1n) is 9.83. The number of benzene rings is 1. The van der Waals surface area contributed by atoms with Crippen molar-refractivity contribution in [3.8, 4) is 0 Å². The van der Waals surface area contributed by atoms with Crippen LogP contribution in [0.2, 0.25) is 0 Å². The largest absolute Gasteiger partial charge is 0.463 e. The second-order valence-electron chi connectivity index (χ2n) is 7.16. The molecular weight excluding hydrogens is 490 g/mol. The summed E-state index contributed by atoms with van der Waals surface area (Å²) >= 11 is 3.39. The number of carbonyl (C=O) groups is 4. The predicted octanol–water partition coefficient (Wildman–Crippen LogP) is 1.62. The fourth-order valence-electron chi connectivity index (χ4n) is 3.24. The van der Waals surface area contributed by atoms with Crippen LogP contribution in [0.3, 0.4) is 0 Å². The zero-order valence-corrected chi connectivity index (χ0v) is 19.7. The molecule has 0 bridgehead atoms. The molecule has 2 rings (SSSR count). The van der Waals surface area contributed by atoms with Gasteiger partial charge < -0.3 is 29.0 Å². The Kier molecular flexibility index (Phi) is 9.60. The first-order valence-corrected chi connectivity index (χ1v) is 10.6. The molecular formula is C21H26BrNO9. The van der Waals surface area contributed by atoms with E-state index in [-0.39, 0.29) is 13.2 Å². The highest BCUT2D eigenvalue weighted by Gasteiger charge is 2.51. The molecule has 1 N–H and O–H groups in total. The predicted molar refractivity (Wildman–Crippen MR) is 113 cm³/mol. The van der Waals surface area contributed by atoms with Crippen LogP contribution in [0, 0.1) is 0 Å². The van der Waals surface area contributed by atoms with Crippen molar-refractivity contribution in [2.75, 3.05) is 6.61 Å². The van der Waals surface area contributed by atoms with Crippen molar-refractivity contribution in [3.05, 3.63) is 34.3 Å². The number of hydrogen-bond acceptors (Lipinski definition) is 9. The normalized spacial score (nSPS) is 24.8. The average molecular weight is 516 g/mol. The summed E-state index contributed by atoms with van der Waals surface area (Å²) in [5.41, 5.74) is 0.812. The molecule has 1 fully saturated rings. The Balaban J connectivity index is 2.36. The van der Waals surface area contributed by atoms with Crippen LogP contribution in [-0.4, -0.2) is 61.1 Å². The molecule has 0 saturated carbocycles.